The minimum atomic E-state index is -0.368. The minimum absolute atomic E-state index is 0.0446. The molecule has 1 heterocycles. The molecule has 1 aromatic heterocycles. The average Bonchev–Trinajstić information content (AvgIpc) is 2.36. The summed E-state index contributed by atoms with van der Waals surface area (Å²) in [4.78, 5) is 11.7. The van der Waals surface area contributed by atoms with Crippen LogP contribution in [-0.2, 0) is 6.54 Å². The van der Waals surface area contributed by atoms with Gasteiger partial charge in [-0.25, -0.2) is 0 Å². The van der Waals surface area contributed by atoms with E-state index in [1.165, 1.54) is 10.6 Å². The van der Waals surface area contributed by atoms with Gasteiger partial charge in [0.2, 0.25) is 0 Å². The van der Waals surface area contributed by atoms with Gasteiger partial charge < -0.3 is 9.67 Å². The molecule has 0 fully saturated rings. The van der Waals surface area contributed by atoms with Crippen molar-refractivity contribution in [3.8, 4) is 5.75 Å². The molecule has 0 aliphatic rings. The molecule has 1 N–H and O–H groups in total. The van der Waals surface area contributed by atoms with Crippen molar-refractivity contribution in [2.24, 2.45) is 0 Å². The van der Waals surface area contributed by atoms with Gasteiger partial charge >= 0.3 is 0 Å². The lowest BCUT2D eigenvalue weighted by Gasteiger charge is -2.12. The molecule has 0 spiro atoms. The van der Waals surface area contributed by atoms with E-state index in [1.54, 1.807) is 12.3 Å². The molecule has 0 bridgehead atoms. The van der Waals surface area contributed by atoms with E-state index in [0.717, 1.165) is 5.56 Å². The van der Waals surface area contributed by atoms with Crippen LogP contribution in [0, 0.1) is 0 Å². The number of alkyl halides is 1. The Morgan fingerprint density at radius 3 is 2.59 bits per heavy atom. The second-order valence-corrected chi connectivity index (χ2v) is 4.83. The first-order chi connectivity index (χ1) is 8.18. The van der Waals surface area contributed by atoms with Crippen molar-refractivity contribution in [3.05, 3.63) is 64.6 Å². The van der Waals surface area contributed by atoms with E-state index in [4.69, 9.17) is 0 Å². The highest BCUT2D eigenvalue weighted by atomic mass is 79.9. The van der Waals surface area contributed by atoms with Gasteiger partial charge in [0, 0.05) is 12.7 Å². The highest BCUT2D eigenvalue weighted by Gasteiger charge is 2.09. The number of aromatic nitrogens is 1. The standard InChI is InChI=1S/C13H12BrNO2/c14-11(10-5-2-1-3-6-10)9-15-8-4-7-12(16)13(15)17/h1-8,11,16H,9H2. The molecule has 0 saturated carbocycles. The fourth-order valence-electron chi connectivity index (χ4n) is 1.61. The summed E-state index contributed by atoms with van der Waals surface area (Å²) in [6, 6.07) is 12.9. The molecule has 0 saturated heterocycles. The van der Waals surface area contributed by atoms with Crippen LogP contribution in [0.1, 0.15) is 10.4 Å². The Bertz CT molecular complexity index is 551. The van der Waals surface area contributed by atoms with Crippen LogP contribution in [-0.4, -0.2) is 9.67 Å². The van der Waals surface area contributed by atoms with Gasteiger partial charge in [0.05, 0.1) is 4.83 Å². The lowest BCUT2D eigenvalue weighted by atomic mass is 10.1. The third kappa shape index (κ3) is 2.77. The van der Waals surface area contributed by atoms with Gasteiger partial charge in [-0.05, 0) is 17.7 Å². The fraction of sp³-hybridized carbons (Fsp3) is 0.154. The zero-order chi connectivity index (χ0) is 12.3. The molecule has 4 heteroatoms. The molecule has 2 rings (SSSR count). The number of aromatic hydroxyl groups is 1. The first kappa shape index (κ1) is 11.9. The summed E-state index contributed by atoms with van der Waals surface area (Å²) in [5, 5.41) is 9.33. The zero-order valence-corrected chi connectivity index (χ0v) is 10.7. The lowest BCUT2D eigenvalue weighted by Crippen LogP contribution is -2.20. The quantitative estimate of drug-likeness (QED) is 0.884. The van der Waals surface area contributed by atoms with Gasteiger partial charge in [-0.2, -0.15) is 0 Å². The Labute approximate surface area is 107 Å². The van der Waals surface area contributed by atoms with Crippen LogP contribution in [0.3, 0.4) is 0 Å². The average molecular weight is 294 g/mol. The van der Waals surface area contributed by atoms with E-state index < -0.39 is 0 Å². The Morgan fingerprint density at radius 2 is 1.88 bits per heavy atom. The molecular formula is C13H12BrNO2. The fourth-order valence-corrected chi connectivity index (χ4v) is 2.23. The van der Waals surface area contributed by atoms with E-state index >= 15 is 0 Å². The van der Waals surface area contributed by atoms with Crippen LogP contribution >= 0.6 is 15.9 Å². The summed E-state index contributed by atoms with van der Waals surface area (Å²) in [6.07, 6.45) is 1.67. The van der Waals surface area contributed by atoms with Crippen molar-refractivity contribution in [1.82, 2.24) is 4.57 Å². The highest BCUT2D eigenvalue weighted by Crippen LogP contribution is 2.23. The van der Waals surface area contributed by atoms with Crippen LogP contribution < -0.4 is 5.56 Å². The van der Waals surface area contributed by atoms with E-state index in [1.807, 2.05) is 30.3 Å². The zero-order valence-electron chi connectivity index (χ0n) is 9.08. The van der Waals surface area contributed by atoms with Crippen molar-refractivity contribution >= 4 is 15.9 Å². The second kappa shape index (κ2) is 5.19. The first-order valence-electron chi connectivity index (χ1n) is 5.26. The molecular weight excluding hydrogens is 282 g/mol. The molecule has 1 aromatic carbocycles. The molecule has 17 heavy (non-hydrogen) atoms. The van der Waals surface area contributed by atoms with Crippen LogP contribution in [0.5, 0.6) is 5.75 Å². The maximum absolute atomic E-state index is 11.6. The van der Waals surface area contributed by atoms with E-state index in [-0.39, 0.29) is 16.1 Å². The Hall–Kier alpha value is -1.55. The van der Waals surface area contributed by atoms with Gasteiger partial charge in [-0.1, -0.05) is 46.3 Å². The van der Waals surface area contributed by atoms with Crippen molar-refractivity contribution in [3.63, 3.8) is 0 Å². The molecule has 0 aliphatic heterocycles. The summed E-state index contributed by atoms with van der Waals surface area (Å²) in [6.45, 7) is 0.483. The number of nitrogens with zero attached hydrogens (tertiary/aromatic N) is 1. The SMILES string of the molecule is O=c1c(O)cccn1CC(Br)c1ccccc1. The molecule has 88 valence electrons. The van der Waals surface area contributed by atoms with Crippen LogP contribution in [0.2, 0.25) is 0 Å². The number of hydrogen-bond acceptors (Lipinski definition) is 2. The minimum Gasteiger partial charge on any atom is -0.503 e. The van der Waals surface area contributed by atoms with Crippen molar-refractivity contribution in [2.75, 3.05) is 0 Å². The monoisotopic (exact) mass is 293 g/mol. The number of pyridine rings is 1. The van der Waals surface area contributed by atoms with Crippen LogP contribution in [0.25, 0.3) is 0 Å². The van der Waals surface area contributed by atoms with Gasteiger partial charge in [0.25, 0.3) is 5.56 Å². The lowest BCUT2D eigenvalue weighted by molar-refractivity contribution is 0.456. The van der Waals surface area contributed by atoms with E-state index in [9.17, 15) is 9.90 Å². The molecule has 0 amide bonds. The van der Waals surface area contributed by atoms with Crippen LogP contribution in [0.4, 0.5) is 0 Å². The smallest absolute Gasteiger partial charge is 0.292 e. The third-order valence-electron chi connectivity index (χ3n) is 2.52. The second-order valence-electron chi connectivity index (χ2n) is 3.73. The van der Waals surface area contributed by atoms with Crippen molar-refractivity contribution < 1.29 is 5.11 Å². The van der Waals surface area contributed by atoms with Crippen molar-refractivity contribution in [1.29, 1.82) is 0 Å². The van der Waals surface area contributed by atoms with Gasteiger partial charge in [0.1, 0.15) is 0 Å². The maximum Gasteiger partial charge on any atom is 0.292 e. The first-order valence-corrected chi connectivity index (χ1v) is 6.17. The Balaban J connectivity index is 2.22. The molecule has 3 nitrogen and oxygen atoms in total. The Kier molecular flexibility index (Phi) is 3.64. The number of benzene rings is 1. The molecule has 1 unspecified atom stereocenters. The van der Waals surface area contributed by atoms with Crippen LogP contribution in [0.15, 0.2) is 53.5 Å². The summed E-state index contributed by atoms with van der Waals surface area (Å²) < 4.78 is 1.49. The van der Waals surface area contributed by atoms with E-state index in [0.29, 0.717) is 6.54 Å². The summed E-state index contributed by atoms with van der Waals surface area (Å²) in [5.41, 5.74) is 0.732. The number of rotatable bonds is 3. The topological polar surface area (TPSA) is 42.2 Å². The number of halogens is 1. The highest BCUT2D eigenvalue weighted by molar-refractivity contribution is 9.09. The molecule has 2 aromatic rings. The summed E-state index contributed by atoms with van der Waals surface area (Å²) in [5.74, 6) is -0.222. The Morgan fingerprint density at radius 1 is 1.18 bits per heavy atom. The van der Waals surface area contributed by atoms with E-state index in [2.05, 4.69) is 15.9 Å². The third-order valence-corrected chi connectivity index (χ3v) is 3.34. The molecule has 0 aliphatic carbocycles. The van der Waals surface area contributed by atoms with Gasteiger partial charge in [-0.15, -0.1) is 0 Å². The predicted molar refractivity (Wildman–Crippen MR) is 70.5 cm³/mol. The summed E-state index contributed by atoms with van der Waals surface area (Å²) >= 11 is 3.54. The number of hydrogen-bond donors (Lipinski definition) is 1. The normalized spacial score (nSPS) is 12.3. The molecule has 0 radical (unpaired) electrons. The largest absolute Gasteiger partial charge is 0.503 e. The molecule has 1 atom stereocenters. The predicted octanol–water partition coefficient (Wildman–Crippen LogP) is 2.69. The van der Waals surface area contributed by atoms with Gasteiger partial charge in [-0.3, -0.25) is 4.79 Å². The maximum atomic E-state index is 11.6. The summed E-state index contributed by atoms with van der Waals surface area (Å²) in [7, 11) is 0. The van der Waals surface area contributed by atoms with Gasteiger partial charge in [0.15, 0.2) is 5.75 Å². The van der Waals surface area contributed by atoms with Crippen molar-refractivity contribution in [2.45, 2.75) is 11.4 Å².